The molecule has 1 heterocycles. The van der Waals surface area contributed by atoms with Crippen molar-refractivity contribution in [2.45, 2.75) is 19.9 Å². The SMILES string of the molecule is CN=C(NCCc1ccccc1Cl)NCc1ccc(C)s1.I. The van der Waals surface area contributed by atoms with Gasteiger partial charge in [-0.3, -0.25) is 4.99 Å². The highest BCUT2D eigenvalue weighted by Gasteiger charge is 2.02. The van der Waals surface area contributed by atoms with Gasteiger partial charge in [0.2, 0.25) is 0 Å². The molecule has 22 heavy (non-hydrogen) atoms. The van der Waals surface area contributed by atoms with Crippen molar-refractivity contribution >= 4 is 52.9 Å². The van der Waals surface area contributed by atoms with Crippen LogP contribution in [0.1, 0.15) is 15.3 Å². The molecular formula is C16H21ClIN3S. The summed E-state index contributed by atoms with van der Waals surface area (Å²) >= 11 is 7.94. The zero-order valence-corrected chi connectivity index (χ0v) is 16.6. The molecule has 0 unspecified atom stereocenters. The van der Waals surface area contributed by atoms with Crippen molar-refractivity contribution in [2.24, 2.45) is 4.99 Å². The lowest BCUT2D eigenvalue weighted by Gasteiger charge is -2.11. The van der Waals surface area contributed by atoms with E-state index in [0.717, 1.165) is 36.1 Å². The van der Waals surface area contributed by atoms with Gasteiger partial charge in [-0.1, -0.05) is 29.8 Å². The van der Waals surface area contributed by atoms with Gasteiger partial charge in [-0.15, -0.1) is 35.3 Å². The zero-order valence-electron chi connectivity index (χ0n) is 12.7. The molecule has 120 valence electrons. The molecule has 0 spiro atoms. The number of benzene rings is 1. The number of halogens is 2. The molecule has 1 aromatic heterocycles. The number of aliphatic imine (C=N–C) groups is 1. The van der Waals surface area contributed by atoms with Gasteiger partial charge >= 0.3 is 0 Å². The molecule has 2 rings (SSSR count). The van der Waals surface area contributed by atoms with E-state index in [1.54, 1.807) is 18.4 Å². The lowest BCUT2D eigenvalue weighted by Crippen LogP contribution is -2.37. The minimum Gasteiger partial charge on any atom is -0.356 e. The fraction of sp³-hybridized carbons (Fsp3) is 0.312. The number of hydrogen-bond donors (Lipinski definition) is 2. The maximum Gasteiger partial charge on any atom is 0.191 e. The third-order valence-corrected chi connectivity index (χ3v) is 4.46. The fourth-order valence-corrected chi connectivity index (χ4v) is 3.05. The highest BCUT2D eigenvalue weighted by molar-refractivity contribution is 14.0. The summed E-state index contributed by atoms with van der Waals surface area (Å²) in [5.41, 5.74) is 1.15. The Labute approximate surface area is 158 Å². The van der Waals surface area contributed by atoms with Gasteiger partial charge in [-0.2, -0.15) is 0 Å². The molecule has 0 aliphatic rings. The summed E-state index contributed by atoms with van der Waals surface area (Å²) in [6.07, 6.45) is 0.873. The fourth-order valence-electron chi connectivity index (χ4n) is 1.99. The van der Waals surface area contributed by atoms with Crippen LogP contribution in [0.5, 0.6) is 0 Å². The summed E-state index contributed by atoms with van der Waals surface area (Å²) < 4.78 is 0. The monoisotopic (exact) mass is 449 g/mol. The first-order chi connectivity index (χ1) is 10.2. The van der Waals surface area contributed by atoms with Crippen molar-refractivity contribution in [1.29, 1.82) is 0 Å². The van der Waals surface area contributed by atoms with E-state index in [-0.39, 0.29) is 24.0 Å². The Morgan fingerprint density at radius 2 is 1.95 bits per heavy atom. The van der Waals surface area contributed by atoms with Crippen molar-refractivity contribution in [3.63, 3.8) is 0 Å². The van der Waals surface area contributed by atoms with E-state index < -0.39 is 0 Å². The number of rotatable bonds is 5. The van der Waals surface area contributed by atoms with Crippen LogP contribution in [-0.2, 0) is 13.0 Å². The van der Waals surface area contributed by atoms with E-state index in [1.807, 2.05) is 18.2 Å². The molecule has 3 nitrogen and oxygen atoms in total. The zero-order chi connectivity index (χ0) is 15.1. The topological polar surface area (TPSA) is 36.4 Å². The van der Waals surface area contributed by atoms with Crippen LogP contribution < -0.4 is 10.6 Å². The lowest BCUT2D eigenvalue weighted by atomic mass is 10.1. The molecule has 0 aliphatic carbocycles. The molecule has 0 aliphatic heterocycles. The lowest BCUT2D eigenvalue weighted by molar-refractivity contribution is 0.799. The second-order valence-corrected chi connectivity index (χ2v) is 6.49. The van der Waals surface area contributed by atoms with E-state index in [2.05, 4.69) is 40.7 Å². The van der Waals surface area contributed by atoms with Crippen LogP contribution in [0.25, 0.3) is 0 Å². The van der Waals surface area contributed by atoms with Crippen molar-refractivity contribution in [3.05, 3.63) is 56.7 Å². The third-order valence-electron chi connectivity index (χ3n) is 3.09. The number of aryl methyl sites for hydroxylation is 1. The molecule has 0 fully saturated rings. The first-order valence-electron chi connectivity index (χ1n) is 6.92. The van der Waals surface area contributed by atoms with Gasteiger partial charge in [0.05, 0.1) is 6.54 Å². The molecular weight excluding hydrogens is 429 g/mol. The standard InChI is InChI=1S/C16H20ClN3S.HI/c1-12-7-8-14(21-12)11-20-16(18-2)19-10-9-13-5-3-4-6-15(13)17;/h3-8H,9-11H2,1-2H3,(H2,18,19,20);1H. The number of hydrogen-bond acceptors (Lipinski definition) is 2. The molecule has 1 aromatic carbocycles. The van der Waals surface area contributed by atoms with Gasteiger partial charge in [0.15, 0.2) is 5.96 Å². The Morgan fingerprint density at radius 1 is 1.18 bits per heavy atom. The van der Waals surface area contributed by atoms with Gasteiger partial charge in [0.1, 0.15) is 0 Å². The Balaban J connectivity index is 0.00000242. The Morgan fingerprint density at radius 3 is 2.59 bits per heavy atom. The average molecular weight is 450 g/mol. The smallest absolute Gasteiger partial charge is 0.191 e. The summed E-state index contributed by atoms with van der Waals surface area (Å²) in [6, 6.07) is 12.2. The predicted molar refractivity (Wildman–Crippen MR) is 108 cm³/mol. The van der Waals surface area contributed by atoms with E-state index in [0.29, 0.717) is 0 Å². The maximum atomic E-state index is 6.14. The largest absolute Gasteiger partial charge is 0.356 e. The normalized spacial score (nSPS) is 11.0. The molecule has 0 atom stereocenters. The minimum atomic E-state index is 0. The van der Waals surface area contributed by atoms with Crippen molar-refractivity contribution in [1.82, 2.24) is 10.6 Å². The molecule has 0 bridgehead atoms. The Kier molecular flexibility index (Phi) is 8.82. The van der Waals surface area contributed by atoms with E-state index in [1.165, 1.54) is 9.75 Å². The number of nitrogens with one attached hydrogen (secondary N) is 2. The van der Waals surface area contributed by atoms with Crippen LogP contribution >= 0.6 is 46.9 Å². The molecule has 0 amide bonds. The third kappa shape index (κ3) is 6.14. The summed E-state index contributed by atoms with van der Waals surface area (Å²) in [6.45, 7) is 3.71. The van der Waals surface area contributed by atoms with E-state index >= 15 is 0 Å². The molecule has 0 saturated carbocycles. The first kappa shape index (κ1) is 19.3. The van der Waals surface area contributed by atoms with Gasteiger partial charge in [0, 0.05) is 28.4 Å². The van der Waals surface area contributed by atoms with Crippen molar-refractivity contribution in [2.75, 3.05) is 13.6 Å². The van der Waals surface area contributed by atoms with Gasteiger partial charge < -0.3 is 10.6 Å². The molecule has 0 radical (unpaired) electrons. The van der Waals surface area contributed by atoms with E-state index in [4.69, 9.17) is 11.6 Å². The van der Waals surface area contributed by atoms with Crippen LogP contribution in [0.4, 0.5) is 0 Å². The maximum absolute atomic E-state index is 6.14. The van der Waals surface area contributed by atoms with Gasteiger partial charge in [-0.25, -0.2) is 0 Å². The number of thiophene rings is 1. The summed E-state index contributed by atoms with van der Waals surface area (Å²) in [7, 11) is 1.78. The molecule has 2 aromatic rings. The van der Waals surface area contributed by atoms with Crippen LogP contribution in [0.15, 0.2) is 41.4 Å². The second-order valence-electron chi connectivity index (χ2n) is 4.71. The average Bonchev–Trinajstić information content (AvgIpc) is 2.90. The van der Waals surface area contributed by atoms with Crippen LogP contribution in [0, 0.1) is 6.92 Å². The Bertz CT molecular complexity index is 613. The van der Waals surface area contributed by atoms with E-state index in [9.17, 15) is 0 Å². The van der Waals surface area contributed by atoms with Gasteiger partial charge in [-0.05, 0) is 37.1 Å². The van der Waals surface area contributed by atoms with Crippen LogP contribution in [0.2, 0.25) is 5.02 Å². The summed E-state index contributed by atoms with van der Waals surface area (Å²) in [4.78, 5) is 6.86. The molecule has 6 heteroatoms. The minimum absolute atomic E-state index is 0. The van der Waals surface area contributed by atoms with Gasteiger partial charge in [0.25, 0.3) is 0 Å². The number of guanidine groups is 1. The van der Waals surface area contributed by atoms with Crippen molar-refractivity contribution in [3.8, 4) is 0 Å². The predicted octanol–water partition coefficient (Wildman–Crippen LogP) is 4.24. The number of nitrogens with zero attached hydrogens (tertiary/aromatic N) is 1. The van der Waals surface area contributed by atoms with Crippen LogP contribution in [-0.4, -0.2) is 19.6 Å². The van der Waals surface area contributed by atoms with Crippen LogP contribution in [0.3, 0.4) is 0 Å². The molecule has 2 N–H and O–H groups in total. The quantitative estimate of drug-likeness (QED) is 0.407. The summed E-state index contributed by atoms with van der Waals surface area (Å²) in [5.74, 6) is 0.813. The highest BCUT2D eigenvalue weighted by atomic mass is 127. The molecule has 0 saturated heterocycles. The van der Waals surface area contributed by atoms with Crippen molar-refractivity contribution < 1.29 is 0 Å². The Hall–Kier alpha value is -0.790. The first-order valence-corrected chi connectivity index (χ1v) is 8.11. The second kappa shape index (κ2) is 10.1. The highest BCUT2D eigenvalue weighted by Crippen LogP contribution is 2.15. The summed E-state index contributed by atoms with van der Waals surface area (Å²) in [5, 5.41) is 7.44.